The summed E-state index contributed by atoms with van der Waals surface area (Å²) in [6.07, 6.45) is 5.26. The van der Waals surface area contributed by atoms with Gasteiger partial charge in [0.05, 0.1) is 6.61 Å². The van der Waals surface area contributed by atoms with Crippen LogP contribution in [0.2, 0.25) is 0 Å². The summed E-state index contributed by atoms with van der Waals surface area (Å²) in [4.78, 5) is 11.6. The van der Waals surface area contributed by atoms with Crippen LogP contribution in [0.5, 0.6) is 0 Å². The second kappa shape index (κ2) is 8.84. The molecule has 2 aromatic rings. The van der Waals surface area contributed by atoms with Crippen molar-refractivity contribution < 1.29 is 9.90 Å². The summed E-state index contributed by atoms with van der Waals surface area (Å²) < 4.78 is 1.84. The lowest BCUT2D eigenvalue weighted by molar-refractivity contribution is 0.240. The largest absolute Gasteiger partial charge is 0.392 e. The molecule has 0 bridgehead atoms. The zero-order valence-corrected chi connectivity index (χ0v) is 12.5. The van der Waals surface area contributed by atoms with Crippen LogP contribution in [-0.4, -0.2) is 34.0 Å². The van der Waals surface area contributed by atoms with Crippen LogP contribution in [0, 0.1) is 0 Å². The lowest BCUT2D eigenvalue weighted by atomic mass is 10.1. The maximum Gasteiger partial charge on any atom is 0.314 e. The van der Waals surface area contributed by atoms with Crippen molar-refractivity contribution in [1.29, 1.82) is 0 Å². The summed E-state index contributed by atoms with van der Waals surface area (Å²) in [5.41, 5.74) is 2.03. The number of amides is 2. The van der Waals surface area contributed by atoms with Crippen LogP contribution < -0.4 is 10.6 Å². The van der Waals surface area contributed by atoms with Crippen molar-refractivity contribution in [3.8, 4) is 0 Å². The number of nitrogens with zero attached hydrogens (tertiary/aromatic N) is 2. The Balaban J connectivity index is 1.55. The first-order valence-corrected chi connectivity index (χ1v) is 7.46. The fraction of sp³-hybridized carbons (Fsp3) is 0.375. The first-order valence-electron chi connectivity index (χ1n) is 7.46. The molecule has 22 heavy (non-hydrogen) atoms. The minimum Gasteiger partial charge on any atom is -0.392 e. The Morgan fingerprint density at radius 2 is 1.86 bits per heavy atom. The molecule has 0 spiro atoms. The van der Waals surface area contributed by atoms with Gasteiger partial charge >= 0.3 is 6.03 Å². The zero-order chi connectivity index (χ0) is 15.6. The van der Waals surface area contributed by atoms with E-state index in [1.807, 2.05) is 41.2 Å². The van der Waals surface area contributed by atoms with E-state index in [2.05, 4.69) is 15.7 Å². The average molecular weight is 302 g/mol. The third kappa shape index (κ3) is 5.57. The van der Waals surface area contributed by atoms with Gasteiger partial charge in [0, 0.05) is 32.0 Å². The van der Waals surface area contributed by atoms with Crippen molar-refractivity contribution in [3.63, 3.8) is 0 Å². The Bertz CT molecular complexity index is 552. The maximum absolute atomic E-state index is 11.6. The number of aryl methyl sites for hydroxylation is 1. The highest BCUT2D eigenvalue weighted by molar-refractivity contribution is 5.73. The Hall–Kier alpha value is -2.34. The van der Waals surface area contributed by atoms with Crippen molar-refractivity contribution in [2.45, 2.75) is 26.0 Å². The van der Waals surface area contributed by atoms with Crippen LogP contribution in [0.15, 0.2) is 42.7 Å². The van der Waals surface area contributed by atoms with E-state index in [1.165, 1.54) is 0 Å². The second-order valence-electron chi connectivity index (χ2n) is 5.03. The Morgan fingerprint density at radius 3 is 2.55 bits per heavy atom. The fourth-order valence-electron chi connectivity index (χ4n) is 2.07. The van der Waals surface area contributed by atoms with Gasteiger partial charge in [-0.3, -0.25) is 4.68 Å². The SMILES string of the molecule is O=C(NCCCn1cccn1)NCCc1ccc(CO)cc1. The Kier molecular flexibility index (Phi) is 6.44. The number of aliphatic hydroxyl groups excluding tert-OH is 1. The lowest BCUT2D eigenvalue weighted by Gasteiger charge is -2.08. The molecule has 0 fully saturated rings. The number of urea groups is 1. The number of aliphatic hydroxyl groups is 1. The van der Waals surface area contributed by atoms with Crippen molar-refractivity contribution in [3.05, 3.63) is 53.9 Å². The third-order valence-electron chi connectivity index (χ3n) is 3.31. The number of nitrogens with one attached hydrogen (secondary N) is 2. The molecule has 0 saturated carbocycles. The van der Waals surface area contributed by atoms with Crippen LogP contribution in [0.1, 0.15) is 17.5 Å². The molecule has 3 N–H and O–H groups in total. The molecule has 1 aromatic carbocycles. The average Bonchev–Trinajstić information content (AvgIpc) is 3.06. The Labute approximate surface area is 130 Å². The van der Waals surface area contributed by atoms with Crippen molar-refractivity contribution in [2.24, 2.45) is 0 Å². The van der Waals surface area contributed by atoms with E-state index >= 15 is 0 Å². The van der Waals surface area contributed by atoms with Gasteiger partial charge < -0.3 is 15.7 Å². The molecule has 118 valence electrons. The van der Waals surface area contributed by atoms with Crippen LogP contribution in [-0.2, 0) is 19.6 Å². The summed E-state index contributed by atoms with van der Waals surface area (Å²) in [5, 5.41) is 18.7. The standard InChI is InChI=1S/C16H22N4O2/c21-13-15-5-3-14(4-6-15)7-10-18-16(22)17-8-1-11-20-12-2-9-19-20/h2-6,9,12,21H,1,7-8,10-11,13H2,(H2,17,18,22). The lowest BCUT2D eigenvalue weighted by Crippen LogP contribution is -2.37. The molecule has 0 aliphatic heterocycles. The molecule has 0 saturated heterocycles. The van der Waals surface area contributed by atoms with E-state index in [-0.39, 0.29) is 12.6 Å². The zero-order valence-electron chi connectivity index (χ0n) is 12.5. The second-order valence-corrected chi connectivity index (χ2v) is 5.03. The predicted octanol–water partition coefficient (Wildman–Crippen LogP) is 1.31. The van der Waals surface area contributed by atoms with Gasteiger partial charge in [0.2, 0.25) is 0 Å². The summed E-state index contributed by atoms with van der Waals surface area (Å²) in [7, 11) is 0. The molecule has 0 aliphatic rings. The van der Waals surface area contributed by atoms with Crippen molar-refractivity contribution in [1.82, 2.24) is 20.4 Å². The number of benzene rings is 1. The predicted molar refractivity (Wildman–Crippen MR) is 84.3 cm³/mol. The highest BCUT2D eigenvalue weighted by Crippen LogP contribution is 2.04. The molecule has 1 heterocycles. The van der Waals surface area contributed by atoms with E-state index in [0.29, 0.717) is 13.1 Å². The van der Waals surface area contributed by atoms with Gasteiger partial charge in [-0.05, 0) is 30.0 Å². The Morgan fingerprint density at radius 1 is 1.14 bits per heavy atom. The minimum absolute atomic E-state index is 0.0550. The maximum atomic E-state index is 11.6. The van der Waals surface area contributed by atoms with E-state index in [9.17, 15) is 4.79 Å². The number of rotatable bonds is 8. The molecule has 0 aliphatic carbocycles. The number of hydrogen-bond acceptors (Lipinski definition) is 3. The first kappa shape index (κ1) is 16.0. The van der Waals surface area contributed by atoms with Gasteiger partial charge in [0.25, 0.3) is 0 Å². The molecule has 2 amide bonds. The van der Waals surface area contributed by atoms with Crippen molar-refractivity contribution >= 4 is 6.03 Å². The summed E-state index contributed by atoms with van der Waals surface area (Å²) in [6.45, 7) is 2.06. The topological polar surface area (TPSA) is 79.2 Å². The van der Waals surface area contributed by atoms with Gasteiger partial charge in [-0.15, -0.1) is 0 Å². The molecule has 6 nitrogen and oxygen atoms in total. The summed E-state index contributed by atoms with van der Waals surface area (Å²) in [6, 6.07) is 9.46. The number of carbonyl (C=O) groups is 1. The van der Waals surface area contributed by atoms with Crippen LogP contribution in [0.3, 0.4) is 0 Å². The van der Waals surface area contributed by atoms with E-state index in [1.54, 1.807) is 6.20 Å². The molecular formula is C16H22N4O2. The van der Waals surface area contributed by atoms with Gasteiger partial charge in [-0.1, -0.05) is 24.3 Å². The molecule has 0 unspecified atom stereocenters. The number of carbonyl (C=O) groups excluding carboxylic acids is 1. The smallest absolute Gasteiger partial charge is 0.314 e. The molecule has 1 aromatic heterocycles. The van der Waals surface area contributed by atoms with E-state index in [0.717, 1.165) is 30.5 Å². The number of aromatic nitrogens is 2. The molecule has 6 heteroatoms. The van der Waals surface area contributed by atoms with Gasteiger partial charge in [-0.25, -0.2) is 4.79 Å². The quantitative estimate of drug-likeness (QED) is 0.643. The minimum atomic E-state index is -0.146. The highest BCUT2D eigenvalue weighted by atomic mass is 16.3. The monoisotopic (exact) mass is 302 g/mol. The fourth-order valence-corrected chi connectivity index (χ4v) is 2.07. The van der Waals surface area contributed by atoms with Crippen LogP contribution in [0.25, 0.3) is 0 Å². The van der Waals surface area contributed by atoms with Crippen LogP contribution in [0.4, 0.5) is 4.79 Å². The van der Waals surface area contributed by atoms with Gasteiger partial charge in [0.1, 0.15) is 0 Å². The molecule has 2 rings (SSSR count). The van der Waals surface area contributed by atoms with Gasteiger partial charge in [-0.2, -0.15) is 5.10 Å². The number of hydrogen-bond donors (Lipinski definition) is 3. The van der Waals surface area contributed by atoms with Crippen molar-refractivity contribution in [2.75, 3.05) is 13.1 Å². The van der Waals surface area contributed by atoms with Crippen LogP contribution >= 0.6 is 0 Å². The first-order chi connectivity index (χ1) is 10.8. The summed E-state index contributed by atoms with van der Waals surface area (Å²) >= 11 is 0. The molecule has 0 atom stereocenters. The highest BCUT2D eigenvalue weighted by Gasteiger charge is 2.00. The van der Waals surface area contributed by atoms with Gasteiger partial charge in [0.15, 0.2) is 0 Å². The molecular weight excluding hydrogens is 280 g/mol. The summed E-state index contributed by atoms with van der Waals surface area (Å²) in [5.74, 6) is 0. The normalized spacial score (nSPS) is 10.4. The van der Waals surface area contributed by atoms with E-state index in [4.69, 9.17) is 5.11 Å². The van der Waals surface area contributed by atoms with E-state index < -0.39 is 0 Å². The third-order valence-corrected chi connectivity index (χ3v) is 3.31. The molecule has 0 radical (unpaired) electrons.